The molecule has 1 heterocycles. The van der Waals surface area contributed by atoms with Crippen LogP contribution >= 0.6 is 11.6 Å². The number of nitrogens with one attached hydrogen (secondary N) is 1. The van der Waals surface area contributed by atoms with Gasteiger partial charge in [0.25, 0.3) is 0 Å². The second-order valence-electron chi connectivity index (χ2n) is 4.34. The van der Waals surface area contributed by atoms with Gasteiger partial charge in [-0.25, -0.2) is 8.78 Å². The minimum atomic E-state index is -0.565. The van der Waals surface area contributed by atoms with E-state index in [4.69, 9.17) is 11.6 Å². The predicted molar refractivity (Wildman–Crippen MR) is 67.9 cm³/mol. The van der Waals surface area contributed by atoms with Crippen molar-refractivity contribution in [2.24, 2.45) is 0 Å². The van der Waals surface area contributed by atoms with Crippen molar-refractivity contribution in [3.05, 3.63) is 64.2 Å². The van der Waals surface area contributed by atoms with Gasteiger partial charge in [-0.3, -0.25) is 0 Å². The van der Waals surface area contributed by atoms with E-state index in [1.807, 2.05) is 12.1 Å². The van der Waals surface area contributed by atoms with Gasteiger partial charge in [-0.15, -0.1) is 0 Å². The summed E-state index contributed by atoms with van der Waals surface area (Å²) in [4.78, 5) is 0. The average molecular weight is 266 g/mol. The number of hydrogen-bond acceptors (Lipinski definition) is 1. The van der Waals surface area contributed by atoms with Crippen LogP contribution in [0.3, 0.4) is 0 Å². The fraction of sp³-hybridized carbons (Fsp3) is 0.143. The van der Waals surface area contributed by atoms with Gasteiger partial charge >= 0.3 is 0 Å². The number of anilines is 1. The van der Waals surface area contributed by atoms with E-state index < -0.39 is 11.6 Å². The maximum atomic E-state index is 13.7. The lowest BCUT2D eigenvalue weighted by Crippen LogP contribution is -2.08. The maximum Gasteiger partial charge on any atom is 0.131 e. The molecule has 0 spiro atoms. The zero-order chi connectivity index (χ0) is 12.7. The minimum Gasteiger partial charge on any atom is -0.376 e. The summed E-state index contributed by atoms with van der Waals surface area (Å²) in [6.45, 7) is 0. The molecule has 0 fully saturated rings. The smallest absolute Gasteiger partial charge is 0.131 e. The molecule has 1 atom stereocenters. The van der Waals surface area contributed by atoms with Crippen LogP contribution in [0.4, 0.5) is 14.5 Å². The lowest BCUT2D eigenvalue weighted by molar-refractivity contribution is 0.563. The molecule has 0 amide bonds. The average Bonchev–Trinajstić information content (AvgIpc) is 2.74. The van der Waals surface area contributed by atoms with Gasteiger partial charge in [0, 0.05) is 11.6 Å². The quantitative estimate of drug-likeness (QED) is 0.809. The molecule has 1 aliphatic heterocycles. The topological polar surface area (TPSA) is 12.0 Å². The standard InChI is InChI=1S/C14H10ClF2N/c15-11-3-1-2-8-6-13(18-14(8)11)10-5-4-9(16)7-12(10)17/h1-5,7,13,18H,6H2. The second-order valence-corrected chi connectivity index (χ2v) is 4.75. The Balaban J connectivity index is 1.96. The van der Waals surface area contributed by atoms with E-state index in [9.17, 15) is 8.78 Å². The van der Waals surface area contributed by atoms with Gasteiger partial charge in [-0.1, -0.05) is 29.8 Å². The molecule has 0 saturated heterocycles. The molecule has 0 saturated carbocycles. The van der Waals surface area contributed by atoms with Gasteiger partial charge < -0.3 is 5.32 Å². The van der Waals surface area contributed by atoms with Crippen molar-refractivity contribution in [1.29, 1.82) is 0 Å². The second kappa shape index (κ2) is 4.25. The van der Waals surface area contributed by atoms with Crippen molar-refractivity contribution in [1.82, 2.24) is 0 Å². The van der Waals surface area contributed by atoms with E-state index in [0.29, 0.717) is 17.0 Å². The van der Waals surface area contributed by atoms with Gasteiger partial charge in [0.05, 0.1) is 16.8 Å². The summed E-state index contributed by atoms with van der Waals surface area (Å²) < 4.78 is 26.6. The molecule has 0 aliphatic carbocycles. The monoisotopic (exact) mass is 265 g/mol. The summed E-state index contributed by atoms with van der Waals surface area (Å²) in [5.74, 6) is -1.10. The van der Waals surface area contributed by atoms with E-state index in [1.54, 1.807) is 6.07 Å². The van der Waals surface area contributed by atoms with Crippen molar-refractivity contribution in [3.8, 4) is 0 Å². The third-order valence-electron chi connectivity index (χ3n) is 3.18. The van der Waals surface area contributed by atoms with Crippen molar-refractivity contribution >= 4 is 17.3 Å². The van der Waals surface area contributed by atoms with E-state index in [-0.39, 0.29) is 6.04 Å². The highest BCUT2D eigenvalue weighted by atomic mass is 35.5. The van der Waals surface area contributed by atoms with Crippen molar-refractivity contribution in [2.45, 2.75) is 12.5 Å². The lowest BCUT2D eigenvalue weighted by atomic mass is 10.0. The Morgan fingerprint density at radius 3 is 2.72 bits per heavy atom. The Morgan fingerprint density at radius 1 is 1.17 bits per heavy atom. The van der Waals surface area contributed by atoms with Gasteiger partial charge in [-0.2, -0.15) is 0 Å². The van der Waals surface area contributed by atoms with Crippen molar-refractivity contribution < 1.29 is 8.78 Å². The SMILES string of the molecule is Fc1ccc(C2Cc3cccc(Cl)c3N2)c(F)c1. The molecule has 1 N–H and O–H groups in total. The third-order valence-corrected chi connectivity index (χ3v) is 3.50. The zero-order valence-electron chi connectivity index (χ0n) is 9.38. The predicted octanol–water partition coefficient (Wildman–Crippen LogP) is 4.33. The molecule has 0 bridgehead atoms. The molecule has 2 aromatic carbocycles. The highest BCUT2D eigenvalue weighted by molar-refractivity contribution is 6.33. The molecule has 0 radical (unpaired) electrons. The van der Waals surface area contributed by atoms with Crippen LogP contribution in [0.1, 0.15) is 17.2 Å². The first kappa shape index (κ1) is 11.5. The summed E-state index contributed by atoms with van der Waals surface area (Å²) in [5, 5.41) is 3.81. The van der Waals surface area contributed by atoms with Crippen LogP contribution in [0, 0.1) is 11.6 Å². The molecular formula is C14H10ClF2N. The maximum absolute atomic E-state index is 13.7. The first-order valence-corrected chi connectivity index (χ1v) is 6.02. The molecule has 2 aromatic rings. The fourth-order valence-electron chi connectivity index (χ4n) is 2.32. The van der Waals surface area contributed by atoms with E-state index >= 15 is 0 Å². The number of rotatable bonds is 1. The first-order valence-electron chi connectivity index (χ1n) is 5.64. The highest BCUT2D eigenvalue weighted by Gasteiger charge is 2.25. The number of benzene rings is 2. The molecule has 1 nitrogen and oxygen atoms in total. The third kappa shape index (κ3) is 1.85. The molecular weight excluding hydrogens is 256 g/mol. The Hall–Kier alpha value is -1.61. The van der Waals surface area contributed by atoms with Gasteiger partial charge in [0.15, 0.2) is 0 Å². The van der Waals surface area contributed by atoms with Crippen LogP contribution < -0.4 is 5.32 Å². The molecule has 0 aromatic heterocycles. The summed E-state index contributed by atoms with van der Waals surface area (Å²) in [5.41, 5.74) is 2.35. The molecule has 4 heteroatoms. The largest absolute Gasteiger partial charge is 0.376 e. The number of para-hydroxylation sites is 1. The van der Waals surface area contributed by atoms with Gasteiger partial charge in [0.2, 0.25) is 0 Å². The molecule has 3 rings (SSSR count). The van der Waals surface area contributed by atoms with E-state index in [1.165, 1.54) is 12.1 Å². The number of fused-ring (bicyclic) bond motifs is 1. The normalized spacial score (nSPS) is 17.4. The zero-order valence-corrected chi connectivity index (χ0v) is 10.1. The van der Waals surface area contributed by atoms with Gasteiger partial charge in [-0.05, 0) is 24.1 Å². The fourth-order valence-corrected chi connectivity index (χ4v) is 2.57. The number of hydrogen-bond donors (Lipinski definition) is 1. The van der Waals surface area contributed by atoms with Crippen LogP contribution in [0.15, 0.2) is 36.4 Å². The molecule has 1 unspecified atom stereocenters. The van der Waals surface area contributed by atoms with Crippen LogP contribution in [0.25, 0.3) is 0 Å². The van der Waals surface area contributed by atoms with Crippen LogP contribution in [0.5, 0.6) is 0 Å². The van der Waals surface area contributed by atoms with E-state index in [2.05, 4.69) is 5.32 Å². The Kier molecular flexibility index (Phi) is 2.71. The number of halogens is 3. The summed E-state index contributed by atoms with van der Waals surface area (Å²) >= 11 is 6.07. The van der Waals surface area contributed by atoms with Crippen molar-refractivity contribution in [3.63, 3.8) is 0 Å². The summed E-state index contributed by atoms with van der Waals surface area (Å²) in [6, 6.07) is 9.06. The minimum absolute atomic E-state index is 0.194. The highest BCUT2D eigenvalue weighted by Crippen LogP contribution is 2.39. The van der Waals surface area contributed by atoms with Crippen LogP contribution in [-0.4, -0.2) is 0 Å². The Morgan fingerprint density at radius 2 is 2.00 bits per heavy atom. The molecule has 18 heavy (non-hydrogen) atoms. The lowest BCUT2D eigenvalue weighted by Gasteiger charge is -2.13. The molecule has 92 valence electrons. The molecule has 1 aliphatic rings. The first-order chi connectivity index (χ1) is 8.65. The Bertz CT molecular complexity index is 613. The van der Waals surface area contributed by atoms with Gasteiger partial charge in [0.1, 0.15) is 11.6 Å². The van der Waals surface area contributed by atoms with Crippen LogP contribution in [0.2, 0.25) is 5.02 Å². The summed E-state index contributed by atoms with van der Waals surface area (Å²) in [6.07, 6.45) is 0.651. The Labute approximate surface area is 108 Å². The van der Waals surface area contributed by atoms with Crippen LogP contribution in [-0.2, 0) is 6.42 Å². The summed E-state index contributed by atoms with van der Waals surface area (Å²) in [7, 11) is 0. The van der Waals surface area contributed by atoms with E-state index in [0.717, 1.165) is 17.3 Å². The van der Waals surface area contributed by atoms with Crippen molar-refractivity contribution in [2.75, 3.05) is 5.32 Å².